The lowest BCUT2D eigenvalue weighted by Gasteiger charge is -2.17. The Labute approximate surface area is 157 Å². The first-order valence-corrected chi connectivity index (χ1v) is 8.31. The number of hydrogen-bond acceptors (Lipinski definition) is 3. The van der Waals surface area contributed by atoms with Crippen molar-refractivity contribution < 1.29 is 14.7 Å². The monoisotopic (exact) mass is 430 g/mol. The van der Waals surface area contributed by atoms with Gasteiger partial charge in [0.05, 0.1) is 22.2 Å². The number of phenols is 1. The lowest BCUT2D eigenvalue weighted by atomic mass is 10.2. The molecule has 2 amide bonds. The Morgan fingerprint density at radius 1 is 1.17 bits per heavy atom. The minimum atomic E-state index is -0.468. The molecule has 0 heterocycles. The molecule has 24 heavy (non-hydrogen) atoms. The van der Waals surface area contributed by atoms with E-state index in [1.807, 2.05) is 0 Å². The SMILES string of the molecule is CN(CC(=O)Nc1ccc(Cl)c(Cl)c1)C(=O)c1ccc(Br)cc1O. The molecule has 0 aliphatic heterocycles. The van der Waals surface area contributed by atoms with Gasteiger partial charge >= 0.3 is 0 Å². The van der Waals surface area contributed by atoms with Crippen molar-refractivity contribution in [1.82, 2.24) is 4.90 Å². The van der Waals surface area contributed by atoms with Gasteiger partial charge in [0.2, 0.25) is 5.91 Å². The van der Waals surface area contributed by atoms with Crippen molar-refractivity contribution in [2.45, 2.75) is 0 Å². The third-order valence-electron chi connectivity index (χ3n) is 3.12. The van der Waals surface area contributed by atoms with Crippen LogP contribution in [0.25, 0.3) is 0 Å². The molecule has 0 aliphatic rings. The number of halogens is 3. The summed E-state index contributed by atoms with van der Waals surface area (Å²) in [4.78, 5) is 25.5. The summed E-state index contributed by atoms with van der Waals surface area (Å²) in [7, 11) is 1.47. The zero-order valence-corrected chi connectivity index (χ0v) is 15.6. The second-order valence-electron chi connectivity index (χ2n) is 5.00. The van der Waals surface area contributed by atoms with Crippen molar-refractivity contribution in [3.05, 3.63) is 56.5 Å². The number of carbonyl (C=O) groups is 2. The zero-order chi connectivity index (χ0) is 17.9. The molecule has 0 atom stereocenters. The quantitative estimate of drug-likeness (QED) is 0.763. The van der Waals surface area contributed by atoms with Crippen LogP contribution in [0.3, 0.4) is 0 Å². The molecule has 2 aromatic carbocycles. The predicted octanol–water partition coefficient (Wildman–Crippen LogP) is 4.17. The maximum atomic E-state index is 12.3. The molecular formula is C16H13BrCl2N2O3. The highest BCUT2D eigenvalue weighted by molar-refractivity contribution is 9.10. The Morgan fingerprint density at radius 2 is 1.88 bits per heavy atom. The zero-order valence-electron chi connectivity index (χ0n) is 12.5. The molecule has 5 nitrogen and oxygen atoms in total. The standard InChI is InChI=1S/C16H13BrCl2N2O3/c1-21(16(24)11-4-2-9(17)6-14(11)22)8-15(23)20-10-3-5-12(18)13(19)7-10/h2-7,22H,8H2,1H3,(H,20,23). The highest BCUT2D eigenvalue weighted by Crippen LogP contribution is 2.25. The fourth-order valence-corrected chi connectivity index (χ4v) is 2.60. The van der Waals surface area contributed by atoms with Gasteiger partial charge in [-0.1, -0.05) is 39.1 Å². The number of nitrogens with zero attached hydrogens (tertiary/aromatic N) is 1. The minimum absolute atomic E-state index is 0.114. The van der Waals surface area contributed by atoms with Crippen LogP contribution in [0, 0.1) is 0 Å². The van der Waals surface area contributed by atoms with Gasteiger partial charge in [-0.15, -0.1) is 0 Å². The van der Waals surface area contributed by atoms with E-state index >= 15 is 0 Å². The minimum Gasteiger partial charge on any atom is -0.507 e. The molecule has 0 radical (unpaired) electrons. The Balaban J connectivity index is 2.02. The first kappa shape index (κ1) is 18.6. The van der Waals surface area contributed by atoms with Gasteiger partial charge in [0, 0.05) is 17.2 Å². The molecule has 2 rings (SSSR count). The first-order valence-electron chi connectivity index (χ1n) is 6.77. The van der Waals surface area contributed by atoms with Gasteiger partial charge in [0.25, 0.3) is 5.91 Å². The summed E-state index contributed by atoms with van der Waals surface area (Å²) >= 11 is 14.9. The second-order valence-corrected chi connectivity index (χ2v) is 6.73. The lowest BCUT2D eigenvalue weighted by Crippen LogP contribution is -2.35. The molecule has 0 unspecified atom stereocenters. The van der Waals surface area contributed by atoms with Crippen molar-refractivity contribution in [2.75, 3.05) is 18.9 Å². The summed E-state index contributed by atoms with van der Waals surface area (Å²) in [5.41, 5.74) is 0.588. The van der Waals surface area contributed by atoms with E-state index in [-0.39, 0.29) is 17.9 Å². The fraction of sp³-hybridized carbons (Fsp3) is 0.125. The van der Waals surface area contributed by atoms with Gasteiger partial charge in [-0.2, -0.15) is 0 Å². The molecule has 0 aliphatic carbocycles. The first-order chi connectivity index (χ1) is 11.3. The molecule has 0 aromatic heterocycles. The number of carbonyl (C=O) groups excluding carboxylic acids is 2. The van der Waals surface area contributed by atoms with E-state index in [0.29, 0.717) is 20.2 Å². The number of phenolic OH excluding ortho intramolecular Hbond substituents is 1. The average Bonchev–Trinajstić information content (AvgIpc) is 2.50. The number of benzene rings is 2. The third-order valence-corrected chi connectivity index (χ3v) is 4.35. The highest BCUT2D eigenvalue weighted by Gasteiger charge is 2.18. The van der Waals surface area contributed by atoms with E-state index in [9.17, 15) is 14.7 Å². The largest absolute Gasteiger partial charge is 0.507 e. The van der Waals surface area contributed by atoms with Gasteiger partial charge < -0.3 is 15.3 Å². The van der Waals surface area contributed by atoms with Crippen LogP contribution in [-0.2, 0) is 4.79 Å². The van der Waals surface area contributed by atoms with E-state index < -0.39 is 11.8 Å². The number of amides is 2. The Hall–Kier alpha value is -1.76. The van der Waals surface area contributed by atoms with Crippen LogP contribution in [0.1, 0.15) is 10.4 Å². The van der Waals surface area contributed by atoms with E-state index in [4.69, 9.17) is 23.2 Å². The normalized spacial score (nSPS) is 10.3. The molecule has 0 saturated heterocycles. The maximum absolute atomic E-state index is 12.3. The molecule has 0 fully saturated rings. The van der Waals surface area contributed by atoms with Gasteiger partial charge in [0.15, 0.2) is 0 Å². The molecule has 2 aromatic rings. The van der Waals surface area contributed by atoms with Crippen molar-refractivity contribution in [2.24, 2.45) is 0 Å². The summed E-state index contributed by atoms with van der Waals surface area (Å²) in [6.07, 6.45) is 0. The predicted molar refractivity (Wildman–Crippen MR) is 97.9 cm³/mol. The molecular weight excluding hydrogens is 419 g/mol. The second kappa shape index (κ2) is 7.88. The molecule has 8 heteroatoms. The van der Waals surface area contributed by atoms with E-state index in [1.165, 1.54) is 30.1 Å². The van der Waals surface area contributed by atoms with Crippen LogP contribution in [0.2, 0.25) is 10.0 Å². The van der Waals surface area contributed by atoms with Gasteiger partial charge in [-0.05, 0) is 36.4 Å². The van der Waals surface area contributed by atoms with E-state index in [0.717, 1.165) is 0 Å². The number of likely N-dealkylation sites (N-methyl/N-ethyl adjacent to an activating group) is 1. The van der Waals surface area contributed by atoms with Crippen molar-refractivity contribution >= 4 is 56.6 Å². The van der Waals surface area contributed by atoms with Crippen molar-refractivity contribution in [1.29, 1.82) is 0 Å². The summed E-state index contributed by atoms with van der Waals surface area (Å²) in [6.45, 7) is -0.186. The van der Waals surface area contributed by atoms with E-state index in [2.05, 4.69) is 21.2 Å². The van der Waals surface area contributed by atoms with Crippen LogP contribution in [0.5, 0.6) is 5.75 Å². The maximum Gasteiger partial charge on any atom is 0.257 e. The van der Waals surface area contributed by atoms with E-state index in [1.54, 1.807) is 18.2 Å². The molecule has 0 spiro atoms. The average molecular weight is 432 g/mol. The molecule has 126 valence electrons. The van der Waals surface area contributed by atoms with Crippen molar-refractivity contribution in [3.8, 4) is 5.75 Å². The summed E-state index contributed by atoms with van der Waals surface area (Å²) in [5, 5.41) is 13.2. The topological polar surface area (TPSA) is 69.6 Å². The highest BCUT2D eigenvalue weighted by atomic mass is 79.9. The third kappa shape index (κ3) is 4.63. The summed E-state index contributed by atoms with van der Waals surface area (Å²) < 4.78 is 0.650. The number of nitrogens with one attached hydrogen (secondary N) is 1. The Bertz CT molecular complexity index is 799. The van der Waals surface area contributed by atoms with Crippen LogP contribution in [-0.4, -0.2) is 35.4 Å². The summed E-state index contributed by atoms with van der Waals surface area (Å²) in [5.74, 6) is -1.03. The van der Waals surface area contributed by atoms with Crippen LogP contribution in [0.4, 0.5) is 5.69 Å². The van der Waals surface area contributed by atoms with Gasteiger partial charge in [0.1, 0.15) is 5.75 Å². The van der Waals surface area contributed by atoms with Crippen LogP contribution < -0.4 is 5.32 Å². The molecule has 0 saturated carbocycles. The number of aromatic hydroxyl groups is 1. The fourth-order valence-electron chi connectivity index (χ4n) is 1.95. The molecule has 0 bridgehead atoms. The Kier molecular flexibility index (Phi) is 6.10. The van der Waals surface area contributed by atoms with Crippen LogP contribution >= 0.6 is 39.1 Å². The van der Waals surface area contributed by atoms with Gasteiger partial charge in [-0.25, -0.2) is 0 Å². The lowest BCUT2D eigenvalue weighted by molar-refractivity contribution is -0.116. The Morgan fingerprint density at radius 3 is 2.50 bits per heavy atom. The number of anilines is 1. The van der Waals surface area contributed by atoms with Crippen LogP contribution in [0.15, 0.2) is 40.9 Å². The smallest absolute Gasteiger partial charge is 0.257 e. The van der Waals surface area contributed by atoms with Gasteiger partial charge in [-0.3, -0.25) is 9.59 Å². The van der Waals surface area contributed by atoms with Crippen molar-refractivity contribution in [3.63, 3.8) is 0 Å². The molecule has 2 N–H and O–H groups in total. The number of rotatable bonds is 4. The summed E-state index contributed by atoms with van der Waals surface area (Å²) in [6, 6.07) is 9.22. The number of hydrogen-bond donors (Lipinski definition) is 2.